The second-order valence-corrected chi connectivity index (χ2v) is 8.18. The van der Waals surface area contributed by atoms with Gasteiger partial charge in [0.05, 0.1) is 7.11 Å². The summed E-state index contributed by atoms with van der Waals surface area (Å²) in [6.45, 7) is 2.02. The summed E-state index contributed by atoms with van der Waals surface area (Å²) < 4.78 is 7.83. The number of pyridine rings is 1. The summed E-state index contributed by atoms with van der Waals surface area (Å²) in [5, 5.41) is 1.91. The second kappa shape index (κ2) is 8.90. The lowest BCUT2D eigenvalue weighted by Crippen LogP contribution is -2.14. The molecule has 0 amide bonds. The molecule has 0 aliphatic carbocycles. The largest absolute Gasteiger partial charge is 0.497 e. The standard InChI is InChI=1S/C25H26ClN3O/c1-28(2)11-4-12-29-17-24(23-14-22(30-3)9-10-25(23)29)20-13-19(15-27-16-20)18-5-7-21(26)8-6-18/h5-10,13-17H,4,11-12H2,1-3H3. The third-order valence-electron chi connectivity index (χ3n) is 5.32. The first kappa shape index (κ1) is 20.5. The molecule has 0 unspecified atom stereocenters. The van der Waals surface area contributed by atoms with E-state index in [1.165, 1.54) is 10.9 Å². The first-order chi connectivity index (χ1) is 14.5. The van der Waals surface area contributed by atoms with Gasteiger partial charge in [-0.05, 0) is 69.0 Å². The lowest BCUT2D eigenvalue weighted by atomic mass is 10.0. The van der Waals surface area contributed by atoms with Crippen LogP contribution in [0.25, 0.3) is 33.2 Å². The van der Waals surface area contributed by atoms with Gasteiger partial charge in [0.25, 0.3) is 0 Å². The Hall–Kier alpha value is -2.82. The number of aromatic nitrogens is 2. The Morgan fingerprint density at radius 1 is 0.967 bits per heavy atom. The normalized spacial score (nSPS) is 11.4. The lowest BCUT2D eigenvalue weighted by Gasteiger charge is -2.10. The number of ether oxygens (including phenoxy) is 1. The molecule has 0 saturated heterocycles. The van der Waals surface area contributed by atoms with Gasteiger partial charge in [-0.1, -0.05) is 23.7 Å². The summed E-state index contributed by atoms with van der Waals surface area (Å²) in [6.07, 6.45) is 7.15. The highest BCUT2D eigenvalue weighted by atomic mass is 35.5. The van der Waals surface area contributed by atoms with Gasteiger partial charge < -0.3 is 14.2 Å². The molecule has 154 valence electrons. The first-order valence-electron chi connectivity index (χ1n) is 10.1. The van der Waals surface area contributed by atoms with Gasteiger partial charge in [-0.3, -0.25) is 4.98 Å². The van der Waals surface area contributed by atoms with Crippen LogP contribution in [0.4, 0.5) is 0 Å². The van der Waals surface area contributed by atoms with Gasteiger partial charge in [0.1, 0.15) is 5.75 Å². The molecular weight excluding hydrogens is 394 g/mol. The predicted octanol–water partition coefficient (Wildman–Crippen LogP) is 5.98. The van der Waals surface area contributed by atoms with E-state index in [0.29, 0.717) is 0 Å². The third-order valence-corrected chi connectivity index (χ3v) is 5.57. The zero-order valence-electron chi connectivity index (χ0n) is 17.6. The minimum Gasteiger partial charge on any atom is -0.497 e. The summed E-state index contributed by atoms with van der Waals surface area (Å²) in [6, 6.07) is 16.3. The minimum atomic E-state index is 0.732. The Labute approximate surface area is 182 Å². The highest BCUT2D eigenvalue weighted by molar-refractivity contribution is 6.30. The molecule has 4 rings (SSSR count). The van der Waals surface area contributed by atoms with Crippen LogP contribution < -0.4 is 4.74 Å². The minimum absolute atomic E-state index is 0.732. The second-order valence-electron chi connectivity index (χ2n) is 7.75. The molecule has 4 aromatic rings. The van der Waals surface area contributed by atoms with Crippen molar-refractivity contribution in [3.05, 3.63) is 72.1 Å². The number of halogens is 1. The van der Waals surface area contributed by atoms with Crippen molar-refractivity contribution in [2.75, 3.05) is 27.7 Å². The van der Waals surface area contributed by atoms with Crippen LogP contribution in [0.1, 0.15) is 6.42 Å². The van der Waals surface area contributed by atoms with E-state index in [1.54, 1.807) is 7.11 Å². The Kier molecular flexibility index (Phi) is 6.07. The third kappa shape index (κ3) is 4.35. The van der Waals surface area contributed by atoms with Crippen LogP contribution in [0.3, 0.4) is 0 Å². The molecule has 0 aliphatic rings. The summed E-state index contributed by atoms with van der Waals surface area (Å²) in [4.78, 5) is 6.74. The van der Waals surface area contributed by atoms with E-state index < -0.39 is 0 Å². The molecule has 5 heteroatoms. The molecule has 0 atom stereocenters. The van der Waals surface area contributed by atoms with Crippen LogP contribution in [-0.2, 0) is 6.54 Å². The van der Waals surface area contributed by atoms with Gasteiger partial charge in [0.15, 0.2) is 0 Å². The first-order valence-corrected chi connectivity index (χ1v) is 10.5. The van der Waals surface area contributed by atoms with E-state index in [-0.39, 0.29) is 0 Å². The summed E-state index contributed by atoms with van der Waals surface area (Å²) in [7, 11) is 5.92. The predicted molar refractivity (Wildman–Crippen MR) is 125 cm³/mol. The molecule has 2 aromatic heterocycles. The van der Waals surface area contributed by atoms with Crippen molar-refractivity contribution in [1.29, 1.82) is 0 Å². The van der Waals surface area contributed by atoms with Gasteiger partial charge in [-0.25, -0.2) is 0 Å². The summed E-state index contributed by atoms with van der Waals surface area (Å²) in [5.74, 6) is 0.858. The monoisotopic (exact) mass is 419 g/mol. The molecular formula is C25H26ClN3O. The van der Waals surface area contributed by atoms with Crippen molar-refractivity contribution in [1.82, 2.24) is 14.5 Å². The Bertz CT molecular complexity index is 1150. The van der Waals surface area contributed by atoms with Crippen LogP contribution in [0.15, 0.2) is 67.1 Å². The van der Waals surface area contributed by atoms with Crippen molar-refractivity contribution in [2.45, 2.75) is 13.0 Å². The van der Waals surface area contributed by atoms with Crippen molar-refractivity contribution in [2.24, 2.45) is 0 Å². The van der Waals surface area contributed by atoms with Gasteiger partial charge in [0, 0.05) is 57.8 Å². The van der Waals surface area contributed by atoms with Crippen molar-refractivity contribution in [3.8, 4) is 28.0 Å². The van der Waals surface area contributed by atoms with Gasteiger partial charge in [0.2, 0.25) is 0 Å². The zero-order chi connectivity index (χ0) is 21.1. The Balaban J connectivity index is 1.77. The van der Waals surface area contributed by atoms with Crippen LogP contribution in [0, 0.1) is 0 Å². The molecule has 0 radical (unpaired) electrons. The van der Waals surface area contributed by atoms with Crippen molar-refractivity contribution in [3.63, 3.8) is 0 Å². The number of nitrogens with zero attached hydrogens (tertiary/aromatic N) is 3. The maximum atomic E-state index is 6.05. The van der Waals surface area contributed by atoms with Crippen LogP contribution in [0.2, 0.25) is 5.02 Å². The highest BCUT2D eigenvalue weighted by Crippen LogP contribution is 2.35. The highest BCUT2D eigenvalue weighted by Gasteiger charge is 2.13. The van der Waals surface area contributed by atoms with Gasteiger partial charge >= 0.3 is 0 Å². The lowest BCUT2D eigenvalue weighted by molar-refractivity contribution is 0.388. The summed E-state index contributed by atoms with van der Waals surface area (Å²) in [5.41, 5.74) is 5.63. The molecule has 0 aliphatic heterocycles. The molecule has 30 heavy (non-hydrogen) atoms. The fraction of sp³-hybridized carbons (Fsp3) is 0.240. The fourth-order valence-corrected chi connectivity index (χ4v) is 3.89. The SMILES string of the molecule is COc1ccc2c(c1)c(-c1cncc(-c3ccc(Cl)cc3)c1)cn2CCCN(C)C. The molecule has 2 aromatic carbocycles. The van der Waals surface area contributed by atoms with Gasteiger partial charge in [-0.15, -0.1) is 0 Å². The number of fused-ring (bicyclic) bond motifs is 1. The van der Waals surface area contributed by atoms with Crippen LogP contribution in [0.5, 0.6) is 5.75 Å². The number of aryl methyl sites for hydroxylation is 1. The maximum absolute atomic E-state index is 6.05. The van der Waals surface area contributed by atoms with E-state index in [0.717, 1.165) is 52.5 Å². The molecule has 0 fully saturated rings. The van der Waals surface area contributed by atoms with Crippen LogP contribution in [-0.4, -0.2) is 42.2 Å². The molecule has 0 spiro atoms. The van der Waals surface area contributed by atoms with Crippen molar-refractivity contribution >= 4 is 22.5 Å². The topological polar surface area (TPSA) is 30.3 Å². The van der Waals surface area contributed by atoms with E-state index in [2.05, 4.69) is 52.9 Å². The Morgan fingerprint density at radius 3 is 2.47 bits per heavy atom. The van der Waals surface area contributed by atoms with E-state index in [9.17, 15) is 0 Å². The quantitative estimate of drug-likeness (QED) is 0.369. The molecule has 2 heterocycles. The van der Waals surface area contributed by atoms with Crippen molar-refractivity contribution < 1.29 is 4.74 Å². The average molecular weight is 420 g/mol. The number of benzene rings is 2. The zero-order valence-corrected chi connectivity index (χ0v) is 18.4. The average Bonchev–Trinajstić information content (AvgIpc) is 3.12. The smallest absolute Gasteiger partial charge is 0.119 e. The van der Waals surface area contributed by atoms with E-state index >= 15 is 0 Å². The number of hydrogen-bond donors (Lipinski definition) is 0. The number of hydrogen-bond acceptors (Lipinski definition) is 3. The maximum Gasteiger partial charge on any atom is 0.119 e. The molecule has 4 nitrogen and oxygen atoms in total. The number of rotatable bonds is 7. The van der Waals surface area contributed by atoms with Gasteiger partial charge in [-0.2, -0.15) is 0 Å². The number of methoxy groups -OCH3 is 1. The van der Waals surface area contributed by atoms with Crippen LogP contribution >= 0.6 is 11.6 Å². The van der Waals surface area contributed by atoms with E-state index in [1.807, 2.05) is 42.7 Å². The Morgan fingerprint density at radius 2 is 1.73 bits per heavy atom. The fourth-order valence-electron chi connectivity index (χ4n) is 3.76. The summed E-state index contributed by atoms with van der Waals surface area (Å²) >= 11 is 6.05. The van der Waals surface area contributed by atoms with E-state index in [4.69, 9.17) is 16.3 Å². The molecule has 0 N–H and O–H groups in total. The molecule has 0 saturated carbocycles. The molecule has 0 bridgehead atoms.